The molecule has 1 aliphatic carbocycles. The second kappa shape index (κ2) is 7.27. The molecular weight excluding hydrogens is 342 g/mol. The van der Waals surface area contributed by atoms with Crippen molar-refractivity contribution in [2.24, 2.45) is 0 Å². The van der Waals surface area contributed by atoms with E-state index in [0.717, 1.165) is 42.8 Å². The zero-order valence-corrected chi connectivity index (χ0v) is 16.4. The highest BCUT2D eigenvalue weighted by Gasteiger charge is 2.20. The summed E-state index contributed by atoms with van der Waals surface area (Å²) in [6.45, 7) is 2.89. The molecule has 0 saturated carbocycles. The lowest BCUT2D eigenvalue weighted by Gasteiger charge is -2.22. The third kappa shape index (κ3) is 2.93. The maximum atomic E-state index is 5.76. The minimum Gasteiger partial charge on any atom is -0.494 e. The van der Waals surface area contributed by atoms with Crippen LogP contribution < -0.4 is 4.74 Å². The fourth-order valence-corrected chi connectivity index (χ4v) is 4.47. The third-order valence-electron chi connectivity index (χ3n) is 5.80. The van der Waals surface area contributed by atoms with Gasteiger partial charge in [-0.15, -0.1) is 0 Å². The maximum absolute atomic E-state index is 5.76. The van der Waals surface area contributed by atoms with E-state index in [1.54, 1.807) is 0 Å². The van der Waals surface area contributed by atoms with E-state index >= 15 is 0 Å². The monoisotopic (exact) mass is 367 g/mol. The first-order chi connectivity index (χ1) is 13.8. The molecule has 0 N–H and O–H groups in total. The Bertz CT molecular complexity index is 1140. The Morgan fingerprint density at radius 1 is 0.857 bits per heavy atom. The van der Waals surface area contributed by atoms with Crippen LogP contribution in [-0.4, -0.2) is 11.6 Å². The summed E-state index contributed by atoms with van der Waals surface area (Å²) < 4.78 is 5.76. The number of aromatic nitrogens is 1. The summed E-state index contributed by atoms with van der Waals surface area (Å²) in [5.41, 5.74) is 6.41. The van der Waals surface area contributed by atoms with Crippen molar-refractivity contribution in [2.45, 2.75) is 39.0 Å². The summed E-state index contributed by atoms with van der Waals surface area (Å²) in [6, 6.07) is 21.6. The molecule has 28 heavy (non-hydrogen) atoms. The van der Waals surface area contributed by atoms with Crippen molar-refractivity contribution in [3.63, 3.8) is 0 Å². The van der Waals surface area contributed by atoms with E-state index in [4.69, 9.17) is 9.72 Å². The highest BCUT2D eigenvalue weighted by atomic mass is 16.5. The molecule has 0 bridgehead atoms. The van der Waals surface area contributed by atoms with Crippen LogP contribution >= 0.6 is 0 Å². The van der Waals surface area contributed by atoms with Crippen molar-refractivity contribution >= 4 is 21.7 Å². The molecule has 0 radical (unpaired) electrons. The Morgan fingerprint density at radius 2 is 1.64 bits per heavy atom. The zero-order valence-electron chi connectivity index (χ0n) is 16.4. The average molecular weight is 367 g/mol. The van der Waals surface area contributed by atoms with Crippen LogP contribution in [0.15, 0.2) is 60.7 Å². The number of hydrogen-bond acceptors (Lipinski definition) is 2. The van der Waals surface area contributed by atoms with Gasteiger partial charge in [0, 0.05) is 10.9 Å². The van der Waals surface area contributed by atoms with E-state index in [2.05, 4.69) is 67.6 Å². The van der Waals surface area contributed by atoms with E-state index in [9.17, 15) is 0 Å². The van der Waals surface area contributed by atoms with Crippen LogP contribution in [0.3, 0.4) is 0 Å². The molecule has 3 aromatic carbocycles. The Kier molecular flexibility index (Phi) is 4.48. The molecule has 0 amide bonds. The van der Waals surface area contributed by atoms with Crippen LogP contribution in [0, 0.1) is 0 Å². The SMILES string of the molecule is CCCOc1ccc(-c2nc3ccc4ccccc4c3c3c2CCCC3)cc1. The molecule has 0 unspecified atom stereocenters. The summed E-state index contributed by atoms with van der Waals surface area (Å²) >= 11 is 0. The topological polar surface area (TPSA) is 22.1 Å². The molecule has 1 heterocycles. The van der Waals surface area contributed by atoms with Crippen molar-refractivity contribution in [2.75, 3.05) is 6.61 Å². The van der Waals surface area contributed by atoms with Gasteiger partial charge in [0.1, 0.15) is 5.75 Å². The van der Waals surface area contributed by atoms with Gasteiger partial charge in [-0.05, 0) is 84.3 Å². The van der Waals surface area contributed by atoms with Gasteiger partial charge < -0.3 is 4.74 Å². The van der Waals surface area contributed by atoms with Crippen LogP contribution in [0.1, 0.15) is 37.3 Å². The summed E-state index contributed by atoms with van der Waals surface area (Å²) in [5, 5.41) is 4.00. The zero-order chi connectivity index (χ0) is 18.9. The van der Waals surface area contributed by atoms with Gasteiger partial charge in [0.2, 0.25) is 0 Å². The molecule has 1 aromatic heterocycles. The van der Waals surface area contributed by atoms with E-state index in [1.807, 2.05) is 0 Å². The van der Waals surface area contributed by atoms with Crippen molar-refractivity contribution in [1.29, 1.82) is 0 Å². The van der Waals surface area contributed by atoms with Crippen LogP contribution in [0.2, 0.25) is 0 Å². The Morgan fingerprint density at radius 3 is 2.46 bits per heavy atom. The average Bonchev–Trinajstić information content (AvgIpc) is 2.77. The maximum Gasteiger partial charge on any atom is 0.119 e. The van der Waals surface area contributed by atoms with Gasteiger partial charge in [-0.1, -0.05) is 37.3 Å². The van der Waals surface area contributed by atoms with Gasteiger partial charge in [0.05, 0.1) is 17.8 Å². The standard InChI is InChI=1S/C26H25NO/c1-2-17-28-20-14-11-19(12-15-20)26-23-10-6-5-9-22(23)25-21-8-4-3-7-18(21)13-16-24(25)27-26/h3-4,7-8,11-16H,2,5-6,9-10,17H2,1H3. The van der Waals surface area contributed by atoms with Crippen LogP contribution in [0.5, 0.6) is 5.75 Å². The van der Waals surface area contributed by atoms with Gasteiger partial charge in [0.15, 0.2) is 0 Å². The smallest absolute Gasteiger partial charge is 0.119 e. The number of nitrogens with zero attached hydrogens (tertiary/aromatic N) is 1. The first kappa shape index (κ1) is 17.2. The highest BCUT2D eigenvalue weighted by molar-refractivity contribution is 6.09. The molecule has 0 atom stereocenters. The first-order valence-corrected chi connectivity index (χ1v) is 10.4. The molecule has 2 nitrogen and oxygen atoms in total. The summed E-state index contributed by atoms with van der Waals surface area (Å²) in [7, 11) is 0. The summed E-state index contributed by atoms with van der Waals surface area (Å²) in [5.74, 6) is 0.936. The van der Waals surface area contributed by atoms with Gasteiger partial charge in [0.25, 0.3) is 0 Å². The van der Waals surface area contributed by atoms with Crippen LogP contribution in [0.4, 0.5) is 0 Å². The number of ether oxygens (including phenoxy) is 1. The van der Waals surface area contributed by atoms with E-state index in [0.29, 0.717) is 0 Å². The number of pyridine rings is 1. The van der Waals surface area contributed by atoms with Gasteiger partial charge >= 0.3 is 0 Å². The van der Waals surface area contributed by atoms with E-state index in [-0.39, 0.29) is 0 Å². The Labute approximate surface area is 166 Å². The number of hydrogen-bond donors (Lipinski definition) is 0. The van der Waals surface area contributed by atoms with Crippen molar-refractivity contribution in [3.05, 3.63) is 71.8 Å². The van der Waals surface area contributed by atoms with Gasteiger partial charge in [-0.2, -0.15) is 0 Å². The molecule has 4 aromatic rings. The Hall–Kier alpha value is -2.87. The fourth-order valence-electron chi connectivity index (χ4n) is 4.47. The molecule has 2 heteroatoms. The van der Waals surface area contributed by atoms with Crippen molar-refractivity contribution in [1.82, 2.24) is 4.98 Å². The molecule has 0 spiro atoms. The lowest BCUT2D eigenvalue weighted by atomic mass is 9.85. The lowest BCUT2D eigenvalue weighted by molar-refractivity contribution is 0.317. The second-order valence-electron chi connectivity index (χ2n) is 7.68. The third-order valence-corrected chi connectivity index (χ3v) is 5.80. The highest BCUT2D eigenvalue weighted by Crippen LogP contribution is 2.38. The largest absolute Gasteiger partial charge is 0.494 e. The predicted molar refractivity (Wildman–Crippen MR) is 117 cm³/mol. The first-order valence-electron chi connectivity index (χ1n) is 10.4. The number of benzene rings is 3. The quantitative estimate of drug-likeness (QED) is 0.373. The lowest BCUT2D eigenvalue weighted by Crippen LogP contribution is -2.08. The number of aryl methyl sites for hydroxylation is 1. The van der Waals surface area contributed by atoms with Crippen LogP contribution in [-0.2, 0) is 12.8 Å². The van der Waals surface area contributed by atoms with Crippen molar-refractivity contribution in [3.8, 4) is 17.0 Å². The van der Waals surface area contributed by atoms with Gasteiger partial charge in [-0.25, -0.2) is 4.98 Å². The number of rotatable bonds is 4. The van der Waals surface area contributed by atoms with Crippen molar-refractivity contribution < 1.29 is 4.74 Å². The normalized spacial score (nSPS) is 13.6. The minimum atomic E-state index is 0.760. The predicted octanol–water partition coefficient (Wildman–Crippen LogP) is 6.72. The molecule has 5 rings (SSSR count). The van der Waals surface area contributed by atoms with E-state index < -0.39 is 0 Å². The van der Waals surface area contributed by atoms with E-state index in [1.165, 1.54) is 45.7 Å². The fraction of sp³-hybridized carbons (Fsp3) is 0.269. The molecule has 0 aliphatic heterocycles. The molecule has 140 valence electrons. The molecule has 0 fully saturated rings. The van der Waals surface area contributed by atoms with Crippen LogP contribution in [0.25, 0.3) is 32.9 Å². The molecule has 1 aliphatic rings. The molecular formula is C26H25NO. The second-order valence-corrected chi connectivity index (χ2v) is 7.68. The number of fused-ring (bicyclic) bond motifs is 5. The summed E-state index contributed by atoms with van der Waals surface area (Å²) in [6.07, 6.45) is 5.79. The summed E-state index contributed by atoms with van der Waals surface area (Å²) in [4.78, 5) is 5.16. The van der Waals surface area contributed by atoms with Gasteiger partial charge in [-0.3, -0.25) is 0 Å². The molecule has 0 saturated heterocycles. The minimum absolute atomic E-state index is 0.760. The Balaban J connectivity index is 1.71.